The number of rotatable bonds is 4. The van der Waals surface area contributed by atoms with Gasteiger partial charge in [-0.1, -0.05) is 6.92 Å². The topological polar surface area (TPSA) is 85.1 Å². The molecule has 0 radical (unpaired) electrons. The molecule has 1 heterocycles. The summed E-state index contributed by atoms with van der Waals surface area (Å²) in [6.45, 7) is 2.54. The van der Waals surface area contributed by atoms with Gasteiger partial charge >= 0.3 is 0 Å². The number of anilines is 1. The molecule has 0 bridgehead atoms. The van der Waals surface area contributed by atoms with E-state index >= 15 is 0 Å². The Morgan fingerprint density at radius 2 is 2.10 bits per heavy atom. The lowest BCUT2D eigenvalue weighted by Gasteiger charge is -2.12. The third kappa shape index (κ3) is 2.36. The molecular formula is C14H17N3O2S. The maximum Gasteiger partial charge on any atom is 0.242 e. The quantitative estimate of drug-likeness (QED) is 0.842. The minimum Gasteiger partial charge on any atom is -0.398 e. The van der Waals surface area contributed by atoms with Gasteiger partial charge in [-0.25, -0.2) is 13.1 Å². The standard InChI is InChI=1S/C14H17N3O2S/c1-14(6-7-14)9-17-20(18,19)12-5-4-11(15)10-3-2-8-16-13(10)12/h2-5,8,17H,6-7,9,15H2,1H3. The van der Waals surface area contributed by atoms with Gasteiger partial charge in [-0.15, -0.1) is 0 Å². The fourth-order valence-electron chi connectivity index (χ4n) is 2.12. The van der Waals surface area contributed by atoms with Crippen molar-refractivity contribution in [3.63, 3.8) is 0 Å². The predicted molar refractivity (Wildman–Crippen MR) is 78.7 cm³/mol. The fourth-order valence-corrected chi connectivity index (χ4v) is 3.48. The van der Waals surface area contributed by atoms with Crippen LogP contribution in [-0.4, -0.2) is 19.9 Å². The second-order valence-corrected chi connectivity index (χ2v) is 7.42. The Labute approximate surface area is 118 Å². The molecule has 0 saturated heterocycles. The smallest absolute Gasteiger partial charge is 0.242 e. The number of nitrogens with two attached hydrogens (primary N) is 1. The van der Waals surface area contributed by atoms with Crippen molar-refractivity contribution in [2.75, 3.05) is 12.3 Å². The minimum atomic E-state index is -3.56. The van der Waals surface area contributed by atoms with Crippen LogP contribution in [0.1, 0.15) is 19.8 Å². The zero-order chi connectivity index (χ0) is 14.4. The number of aromatic nitrogens is 1. The summed E-state index contributed by atoms with van der Waals surface area (Å²) in [6, 6.07) is 6.65. The highest BCUT2D eigenvalue weighted by molar-refractivity contribution is 7.89. The van der Waals surface area contributed by atoms with E-state index in [9.17, 15) is 8.42 Å². The van der Waals surface area contributed by atoms with Gasteiger partial charge in [0.15, 0.2) is 0 Å². The van der Waals surface area contributed by atoms with E-state index in [4.69, 9.17) is 5.73 Å². The van der Waals surface area contributed by atoms with Crippen LogP contribution in [0, 0.1) is 5.41 Å². The molecule has 1 fully saturated rings. The first kappa shape index (κ1) is 13.3. The van der Waals surface area contributed by atoms with Crippen LogP contribution in [0.25, 0.3) is 10.9 Å². The largest absolute Gasteiger partial charge is 0.398 e. The molecule has 1 aliphatic rings. The number of sulfonamides is 1. The van der Waals surface area contributed by atoms with Crippen LogP contribution < -0.4 is 10.5 Å². The van der Waals surface area contributed by atoms with E-state index in [1.54, 1.807) is 24.4 Å². The molecule has 0 spiro atoms. The molecule has 3 N–H and O–H groups in total. The van der Waals surface area contributed by atoms with E-state index in [2.05, 4.69) is 16.6 Å². The fraction of sp³-hybridized carbons (Fsp3) is 0.357. The Kier molecular flexibility index (Phi) is 2.95. The number of hydrogen-bond donors (Lipinski definition) is 2. The van der Waals surface area contributed by atoms with Crippen molar-refractivity contribution in [1.29, 1.82) is 0 Å². The lowest BCUT2D eigenvalue weighted by Crippen LogP contribution is -2.29. The summed E-state index contributed by atoms with van der Waals surface area (Å²) in [5.41, 5.74) is 6.93. The van der Waals surface area contributed by atoms with Crippen LogP contribution in [0.3, 0.4) is 0 Å². The van der Waals surface area contributed by atoms with Crippen LogP contribution in [0.2, 0.25) is 0 Å². The van der Waals surface area contributed by atoms with Crippen molar-refractivity contribution in [2.24, 2.45) is 5.41 Å². The van der Waals surface area contributed by atoms with Gasteiger partial charge in [0.05, 0.1) is 5.52 Å². The Balaban J connectivity index is 2.02. The number of hydrogen-bond acceptors (Lipinski definition) is 4. The summed E-state index contributed by atoms with van der Waals surface area (Å²) in [7, 11) is -3.56. The van der Waals surface area contributed by atoms with Gasteiger partial charge in [0.1, 0.15) is 4.90 Å². The van der Waals surface area contributed by atoms with E-state index in [1.165, 1.54) is 6.07 Å². The number of fused-ring (bicyclic) bond motifs is 1. The SMILES string of the molecule is CC1(CNS(=O)(=O)c2ccc(N)c3cccnc23)CC1. The maximum atomic E-state index is 12.4. The van der Waals surface area contributed by atoms with Gasteiger partial charge in [0.25, 0.3) is 0 Å². The number of nitrogens with zero attached hydrogens (tertiary/aromatic N) is 1. The summed E-state index contributed by atoms with van der Waals surface area (Å²) in [6.07, 6.45) is 3.70. The molecule has 0 atom stereocenters. The number of pyridine rings is 1. The second kappa shape index (κ2) is 4.43. The summed E-state index contributed by atoms with van der Waals surface area (Å²) in [5, 5.41) is 0.660. The first-order chi connectivity index (χ1) is 9.41. The van der Waals surface area contributed by atoms with E-state index < -0.39 is 10.0 Å². The molecule has 5 nitrogen and oxygen atoms in total. The normalized spacial score (nSPS) is 17.2. The van der Waals surface area contributed by atoms with Gasteiger partial charge in [-0.2, -0.15) is 0 Å². The summed E-state index contributed by atoms with van der Waals surface area (Å²) < 4.78 is 27.6. The molecule has 20 heavy (non-hydrogen) atoms. The Morgan fingerprint density at radius 1 is 1.35 bits per heavy atom. The van der Waals surface area contributed by atoms with Gasteiger partial charge in [0.2, 0.25) is 10.0 Å². The second-order valence-electron chi connectivity index (χ2n) is 5.69. The summed E-state index contributed by atoms with van der Waals surface area (Å²) >= 11 is 0. The molecule has 6 heteroatoms. The lowest BCUT2D eigenvalue weighted by molar-refractivity contribution is 0.531. The van der Waals surface area contributed by atoms with E-state index in [1.807, 2.05) is 0 Å². The Hall–Kier alpha value is -1.66. The van der Waals surface area contributed by atoms with E-state index in [0.29, 0.717) is 23.1 Å². The van der Waals surface area contributed by atoms with E-state index in [0.717, 1.165) is 12.8 Å². The third-order valence-electron chi connectivity index (χ3n) is 3.85. The molecule has 0 unspecified atom stereocenters. The first-order valence-corrected chi connectivity index (χ1v) is 8.03. The van der Waals surface area contributed by atoms with E-state index in [-0.39, 0.29) is 10.3 Å². The van der Waals surface area contributed by atoms with Gasteiger partial charge in [-0.3, -0.25) is 4.98 Å². The number of nitrogens with one attached hydrogen (secondary N) is 1. The predicted octanol–water partition coefficient (Wildman–Crippen LogP) is 1.90. The molecule has 2 aromatic rings. The van der Waals surface area contributed by atoms with Crippen molar-refractivity contribution in [3.05, 3.63) is 30.5 Å². The number of nitrogen functional groups attached to an aromatic ring is 1. The average Bonchev–Trinajstić information content (AvgIpc) is 3.16. The highest BCUT2D eigenvalue weighted by Crippen LogP contribution is 2.44. The zero-order valence-electron chi connectivity index (χ0n) is 11.3. The Bertz CT molecular complexity index is 767. The molecule has 1 aliphatic carbocycles. The van der Waals surface area contributed by atoms with Crippen molar-refractivity contribution < 1.29 is 8.42 Å². The summed E-state index contributed by atoms with van der Waals surface area (Å²) in [5.74, 6) is 0. The minimum absolute atomic E-state index is 0.115. The average molecular weight is 291 g/mol. The third-order valence-corrected chi connectivity index (χ3v) is 5.28. The van der Waals surface area contributed by atoms with Crippen molar-refractivity contribution in [1.82, 2.24) is 9.71 Å². The molecule has 1 saturated carbocycles. The molecular weight excluding hydrogens is 274 g/mol. The lowest BCUT2D eigenvalue weighted by atomic mass is 10.2. The van der Waals surface area contributed by atoms with Crippen LogP contribution in [0.4, 0.5) is 5.69 Å². The molecule has 0 aliphatic heterocycles. The van der Waals surface area contributed by atoms with Gasteiger partial charge in [0, 0.05) is 23.8 Å². The van der Waals surface area contributed by atoms with Crippen molar-refractivity contribution in [3.8, 4) is 0 Å². The highest BCUT2D eigenvalue weighted by Gasteiger charge is 2.38. The number of benzene rings is 1. The van der Waals surface area contributed by atoms with Crippen LogP contribution >= 0.6 is 0 Å². The molecule has 0 amide bonds. The van der Waals surface area contributed by atoms with Crippen molar-refractivity contribution >= 4 is 26.6 Å². The van der Waals surface area contributed by atoms with Crippen LogP contribution in [0.15, 0.2) is 35.4 Å². The first-order valence-electron chi connectivity index (χ1n) is 6.54. The van der Waals surface area contributed by atoms with Gasteiger partial charge < -0.3 is 5.73 Å². The van der Waals surface area contributed by atoms with Crippen molar-refractivity contribution in [2.45, 2.75) is 24.7 Å². The monoisotopic (exact) mass is 291 g/mol. The summed E-state index contributed by atoms with van der Waals surface area (Å²) in [4.78, 5) is 4.36. The molecule has 3 rings (SSSR count). The van der Waals surface area contributed by atoms with Gasteiger partial charge in [-0.05, 0) is 42.5 Å². The highest BCUT2D eigenvalue weighted by atomic mass is 32.2. The molecule has 1 aromatic heterocycles. The zero-order valence-corrected chi connectivity index (χ0v) is 12.1. The molecule has 106 valence electrons. The van der Waals surface area contributed by atoms with Crippen LogP contribution in [-0.2, 0) is 10.0 Å². The molecule has 1 aromatic carbocycles. The van der Waals surface area contributed by atoms with Crippen LogP contribution in [0.5, 0.6) is 0 Å². The Morgan fingerprint density at radius 3 is 2.80 bits per heavy atom. The maximum absolute atomic E-state index is 12.4.